The van der Waals surface area contributed by atoms with Crippen LogP contribution in [0.3, 0.4) is 0 Å². The van der Waals surface area contributed by atoms with Crippen LogP contribution in [0.4, 0.5) is 5.82 Å². The quantitative estimate of drug-likeness (QED) is 0.874. The fraction of sp³-hybridized carbons (Fsp3) is 0.824. The molecule has 1 aromatic rings. The molecular weight excluding hydrogens is 260 g/mol. The largest absolute Gasteiger partial charge is 0.354 e. The molecule has 4 nitrogen and oxygen atoms in total. The second-order valence-electron chi connectivity index (χ2n) is 6.74. The fourth-order valence-corrected chi connectivity index (χ4v) is 3.76. The molecule has 2 saturated carbocycles. The summed E-state index contributed by atoms with van der Waals surface area (Å²) in [5.41, 5.74) is 2.60. The van der Waals surface area contributed by atoms with Crippen LogP contribution in [0.2, 0.25) is 0 Å². The van der Waals surface area contributed by atoms with E-state index in [1.165, 1.54) is 62.0 Å². The van der Waals surface area contributed by atoms with Crippen molar-refractivity contribution < 1.29 is 0 Å². The van der Waals surface area contributed by atoms with Crippen molar-refractivity contribution >= 4 is 5.82 Å². The summed E-state index contributed by atoms with van der Waals surface area (Å²) in [5, 5.41) is 8.38. The molecule has 0 bridgehead atoms. The molecule has 2 aliphatic carbocycles. The first kappa shape index (κ1) is 14.9. The van der Waals surface area contributed by atoms with Gasteiger partial charge in [-0.15, -0.1) is 0 Å². The molecule has 21 heavy (non-hydrogen) atoms. The van der Waals surface area contributed by atoms with Crippen LogP contribution in [0, 0.1) is 6.92 Å². The van der Waals surface area contributed by atoms with Crippen LogP contribution >= 0.6 is 0 Å². The Kier molecular flexibility index (Phi) is 4.53. The summed E-state index contributed by atoms with van der Waals surface area (Å²) < 4.78 is 2.11. The molecule has 0 atom stereocenters. The van der Waals surface area contributed by atoms with Crippen LogP contribution in [0.25, 0.3) is 0 Å². The average molecular weight is 290 g/mol. The van der Waals surface area contributed by atoms with Gasteiger partial charge in [0.25, 0.3) is 0 Å². The van der Waals surface area contributed by atoms with Gasteiger partial charge in [-0.3, -0.25) is 4.68 Å². The van der Waals surface area contributed by atoms with Gasteiger partial charge in [-0.05, 0) is 39.5 Å². The maximum absolute atomic E-state index is 4.71. The number of nitrogens with zero attached hydrogens (tertiary/aromatic N) is 3. The van der Waals surface area contributed by atoms with Crippen LogP contribution in [0.5, 0.6) is 0 Å². The highest BCUT2D eigenvalue weighted by atomic mass is 15.4. The maximum Gasteiger partial charge on any atom is 0.131 e. The number of rotatable bonds is 6. The van der Waals surface area contributed by atoms with Gasteiger partial charge in [0, 0.05) is 37.8 Å². The highest BCUT2D eigenvalue weighted by molar-refractivity contribution is 5.51. The third-order valence-corrected chi connectivity index (χ3v) is 5.09. The first-order valence-electron chi connectivity index (χ1n) is 8.73. The Morgan fingerprint density at radius 2 is 1.90 bits per heavy atom. The Hall–Kier alpha value is -1.03. The smallest absolute Gasteiger partial charge is 0.131 e. The normalized spacial score (nSPS) is 20.0. The standard InChI is InChI=1S/C17H30N4/c1-4-21(15-8-6-5-7-9-15)17-16(12-18-14-10-11-14)13(2)19-20(17)3/h14-15,18H,4-12H2,1-3H3. The van der Waals surface area contributed by atoms with Crippen molar-refractivity contribution in [2.24, 2.45) is 7.05 Å². The number of hydrogen-bond acceptors (Lipinski definition) is 3. The van der Waals surface area contributed by atoms with E-state index >= 15 is 0 Å². The van der Waals surface area contributed by atoms with Gasteiger partial charge in [-0.25, -0.2) is 0 Å². The van der Waals surface area contributed by atoms with Crippen molar-refractivity contribution in [2.45, 2.75) is 77.4 Å². The third kappa shape index (κ3) is 3.25. The van der Waals surface area contributed by atoms with Crippen molar-refractivity contribution in [3.63, 3.8) is 0 Å². The van der Waals surface area contributed by atoms with E-state index in [4.69, 9.17) is 5.10 Å². The van der Waals surface area contributed by atoms with Gasteiger partial charge in [0.2, 0.25) is 0 Å². The first-order valence-corrected chi connectivity index (χ1v) is 8.73. The minimum absolute atomic E-state index is 0.707. The molecule has 0 amide bonds. The molecule has 0 saturated heterocycles. The summed E-state index contributed by atoms with van der Waals surface area (Å²) in [6.45, 7) is 6.50. The summed E-state index contributed by atoms with van der Waals surface area (Å²) in [4.78, 5) is 2.61. The van der Waals surface area contributed by atoms with Gasteiger partial charge in [0.05, 0.1) is 5.69 Å². The highest BCUT2D eigenvalue weighted by Gasteiger charge is 2.27. The number of anilines is 1. The van der Waals surface area contributed by atoms with E-state index in [-0.39, 0.29) is 0 Å². The van der Waals surface area contributed by atoms with Gasteiger partial charge in [0.15, 0.2) is 0 Å². The van der Waals surface area contributed by atoms with Crippen molar-refractivity contribution in [3.8, 4) is 0 Å². The van der Waals surface area contributed by atoms with Crippen molar-refractivity contribution in [2.75, 3.05) is 11.4 Å². The number of nitrogens with one attached hydrogen (secondary N) is 1. The lowest BCUT2D eigenvalue weighted by Gasteiger charge is -2.35. The minimum atomic E-state index is 0.707. The Morgan fingerprint density at radius 1 is 1.19 bits per heavy atom. The molecule has 1 aromatic heterocycles. The van der Waals surface area contributed by atoms with E-state index in [0.29, 0.717) is 6.04 Å². The molecular formula is C17H30N4. The van der Waals surface area contributed by atoms with Crippen LogP contribution in [-0.4, -0.2) is 28.4 Å². The van der Waals surface area contributed by atoms with E-state index in [1.807, 2.05) is 0 Å². The molecule has 0 aliphatic heterocycles. The molecule has 118 valence electrons. The molecule has 1 heterocycles. The minimum Gasteiger partial charge on any atom is -0.354 e. The van der Waals surface area contributed by atoms with Crippen molar-refractivity contribution in [1.29, 1.82) is 0 Å². The monoisotopic (exact) mass is 290 g/mol. The van der Waals surface area contributed by atoms with Crippen LogP contribution in [0.1, 0.15) is 63.1 Å². The fourth-order valence-electron chi connectivity index (χ4n) is 3.76. The molecule has 3 rings (SSSR count). The Bertz CT molecular complexity index is 469. The summed E-state index contributed by atoms with van der Waals surface area (Å²) in [7, 11) is 2.11. The predicted molar refractivity (Wildman–Crippen MR) is 87.7 cm³/mol. The van der Waals surface area contributed by atoms with E-state index in [1.54, 1.807) is 0 Å². The van der Waals surface area contributed by atoms with E-state index < -0.39 is 0 Å². The molecule has 0 spiro atoms. The number of hydrogen-bond donors (Lipinski definition) is 1. The lowest BCUT2D eigenvalue weighted by molar-refractivity contribution is 0.412. The highest BCUT2D eigenvalue weighted by Crippen LogP contribution is 2.31. The Balaban J connectivity index is 1.82. The van der Waals surface area contributed by atoms with Crippen LogP contribution in [0.15, 0.2) is 0 Å². The Morgan fingerprint density at radius 3 is 2.52 bits per heavy atom. The maximum atomic E-state index is 4.71. The zero-order valence-corrected chi connectivity index (χ0v) is 13.9. The Labute approximate surface area is 128 Å². The molecule has 4 heteroatoms. The van der Waals surface area contributed by atoms with Gasteiger partial charge in [0.1, 0.15) is 5.82 Å². The van der Waals surface area contributed by atoms with Gasteiger partial charge in [-0.1, -0.05) is 19.3 Å². The summed E-state index contributed by atoms with van der Waals surface area (Å²) >= 11 is 0. The van der Waals surface area contributed by atoms with E-state index in [9.17, 15) is 0 Å². The zero-order valence-electron chi connectivity index (χ0n) is 13.9. The zero-order chi connectivity index (χ0) is 14.8. The van der Waals surface area contributed by atoms with E-state index in [0.717, 1.165) is 19.1 Å². The van der Waals surface area contributed by atoms with Gasteiger partial charge >= 0.3 is 0 Å². The molecule has 2 fully saturated rings. The van der Waals surface area contributed by atoms with E-state index in [2.05, 4.69) is 35.8 Å². The van der Waals surface area contributed by atoms with Crippen LogP contribution < -0.4 is 10.2 Å². The van der Waals surface area contributed by atoms with Crippen molar-refractivity contribution in [1.82, 2.24) is 15.1 Å². The molecule has 0 unspecified atom stereocenters. The lowest BCUT2D eigenvalue weighted by atomic mass is 9.94. The van der Waals surface area contributed by atoms with Gasteiger partial charge < -0.3 is 10.2 Å². The van der Waals surface area contributed by atoms with Gasteiger partial charge in [-0.2, -0.15) is 5.10 Å². The molecule has 1 N–H and O–H groups in total. The topological polar surface area (TPSA) is 33.1 Å². The summed E-state index contributed by atoms with van der Waals surface area (Å²) in [6, 6.07) is 1.46. The number of aromatic nitrogens is 2. The predicted octanol–water partition coefficient (Wildman–Crippen LogP) is 3.14. The first-order chi connectivity index (χ1) is 10.2. The molecule has 0 aromatic carbocycles. The number of aryl methyl sites for hydroxylation is 2. The summed E-state index contributed by atoms with van der Waals surface area (Å²) in [6.07, 6.45) is 9.54. The second kappa shape index (κ2) is 6.39. The molecule has 0 radical (unpaired) electrons. The lowest BCUT2D eigenvalue weighted by Crippen LogP contribution is -2.38. The molecule has 2 aliphatic rings. The van der Waals surface area contributed by atoms with Crippen LogP contribution in [-0.2, 0) is 13.6 Å². The average Bonchev–Trinajstić information content (AvgIpc) is 3.27. The summed E-state index contributed by atoms with van der Waals surface area (Å²) in [5.74, 6) is 1.36. The third-order valence-electron chi connectivity index (χ3n) is 5.09. The second-order valence-corrected chi connectivity index (χ2v) is 6.74. The SMILES string of the molecule is CCN(c1c(CNC2CC2)c(C)nn1C)C1CCCCC1. The van der Waals surface area contributed by atoms with Crippen molar-refractivity contribution in [3.05, 3.63) is 11.3 Å².